The van der Waals surface area contributed by atoms with Crippen LogP contribution in [0, 0.1) is 11.8 Å². The lowest BCUT2D eigenvalue weighted by atomic mass is 9.91. The van der Waals surface area contributed by atoms with Gasteiger partial charge in [0.05, 0.1) is 0 Å². The van der Waals surface area contributed by atoms with Crippen molar-refractivity contribution in [2.24, 2.45) is 11.8 Å². The number of fused-ring (bicyclic) bond motifs is 1. The van der Waals surface area contributed by atoms with Gasteiger partial charge in [0.15, 0.2) is 0 Å². The van der Waals surface area contributed by atoms with E-state index in [1.54, 1.807) is 18.7 Å². The van der Waals surface area contributed by atoms with Crippen LogP contribution in [-0.4, -0.2) is 51.9 Å². The molecule has 2 heterocycles. The van der Waals surface area contributed by atoms with Crippen LogP contribution in [0.2, 0.25) is 0 Å². The van der Waals surface area contributed by atoms with Gasteiger partial charge in [-0.1, -0.05) is 34.1 Å². The second-order valence-electron chi connectivity index (χ2n) is 6.55. The molecule has 0 aromatic rings. The molecule has 0 unspecified atom stereocenters. The number of nitrogens with zero attached hydrogens (tertiary/aromatic N) is 2. The van der Waals surface area contributed by atoms with Gasteiger partial charge < -0.3 is 4.90 Å². The minimum Gasteiger partial charge on any atom is -0.329 e. The van der Waals surface area contributed by atoms with Gasteiger partial charge in [0.25, 0.3) is 11.8 Å². The Bertz CT molecular complexity index is 514. The topological polar surface area (TPSA) is 74.8 Å². The van der Waals surface area contributed by atoms with Crippen molar-refractivity contribution < 1.29 is 19.2 Å². The van der Waals surface area contributed by atoms with E-state index in [1.807, 2.05) is 13.8 Å². The van der Waals surface area contributed by atoms with Gasteiger partial charge in [-0.15, -0.1) is 0 Å². The van der Waals surface area contributed by atoms with Crippen LogP contribution in [0.4, 0.5) is 0 Å². The Labute approximate surface area is 130 Å². The monoisotopic (exact) mass is 308 g/mol. The third kappa shape index (κ3) is 2.55. The molecule has 6 heteroatoms. The number of amides is 3. The average Bonchev–Trinajstić information content (AvgIpc) is 2.98. The minimum atomic E-state index is -0.845. The van der Waals surface area contributed by atoms with Crippen LogP contribution in [-0.2, 0) is 19.2 Å². The van der Waals surface area contributed by atoms with Gasteiger partial charge in [0.1, 0.15) is 12.1 Å². The predicted molar refractivity (Wildman–Crippen MR) is 79.7 cm³/mol. The van der Waals surface area contributed by atoms with Crippen LogP contribution in [0.5, 0.6) is 0 Å². The van der Waals surface area contributed by atoms with E-state index in [1.165, 1.54) is 0 Å². The van der Waals surface area contributed by atoms with E-state index < -0.39 is 29.7 Å². The Kier molecular flexibility index (Phi) is 4.68. The first-order valence-corrected chi connectivity index (χ1v) is 8.02. The van der Waals surface area contributed by atoms with E-state index in [0.717, 1.165) is 11.3 Å². The third-order valence-electron chi connectivity index (χ3n) is 4.73. The third-order valence-corrected chi connectivity index (χ3v) is 4.73. The first kappa shape index (κ1) is 16.6. The predicted octanol–water partition coefficient (Wildman–Crippen LogP) is 0.986. The summed E-state index contributed by atoms with van der Waals surface area (Å²) in [4.78, 5) is 52.6. The normalized spacial score (nSPS) is 26.4. The summed E-state index contributed by atoms with van der Waals surface area (Å²) in [6.45, 7) is 7.55. The number of carbonyl (C=O) groups excluding carboxylic acids is 4. The van der Waals surface area contributed by atoms with Crippen molar-refractivity contribution in [3.05, 3.63) is 0 Å². The van der Waals surface area contributed by atoms with Crippen molar-refractivity contribution >= 4 is 23.5 Å². The van der Waals surface area contributed by atoms with Gasteiger partial charge in [0.2, 0.25) is 11.7 Å². The van der Waals surface area contributed by atoms with Gasteiger partial charge in [-0.2, -0.15) is 0 Å². The molecule has 0 bridgehead atoms. The fourth-order valence-corrected chi connectivity index (χ4v) is 3.18. The Morgan fingerprint density at radius 2 is 1.82 bits per heavy atom. The molecule has 3 atom stereocenters. The lowest BCUT2D eigenvalue weighted by molar-refractivity contribution is -0.170. The highest BCUT2D eigenvalue weighted by molar-refractivity contribution is 6.40. The molecule has 2 saturated heterocycles. The zero-order valence-corrected chi connectivity index (χ0v) is 13.7. The van der Waals surface area contributed by atoms with E-state index in [-0.39, 0.29) is 17.7 Å². The zero-order valence-electron chi connectivity index (χ0n) is 13.7. The zero-order chi connectivity index (χ0) is 16.6. The van der Waals surface area contributed by atoms with E-state index in [4.69, 9.17) is 0 Å². The minimum absolute atomic E-state index is 0.165. The molecule has 2 aliphatic heterocycles. The summed E-state index contributed by atoms with van der Waals surface area (Å²) in [6.07, 6.45) is 1.98. The Balaban J connectivity index is 2.41. The molecule has 0 spiro atoms. The van der Waals surface area contributed by atoms with Gasteiger partial charge >= 0.3 is 0 Å². The summed E-state index contributed by atoms with van der Waals surface area (Å²) in [6, 6.07) is -1.42. The number of hydrogen-bond acceptors (Lipinski definition) is 4. The van der Waals surface area contributed by atoms with Crippen LogP contribution < -0.4 is 0 Å². The molecular weight excluding hydrogens is 284 g/mol. The molecule has 6 nitrogen and oxygen atoms in total. The second-order valence-corrected chi connectivity index (χ2v) is 6.55. The van der Waals surface area contributed by atoms with E-state index in [2.05, 4.69) is 0 Å². The largest absolute Gasteiger partial charge is 0.329 e. The maximum absolute atomic E-state index is 12.7. The van der Waals surface area contributed by atoms with Gasteiger partial charge in [-0.3, -0.25) is 24.1 Å². The summed E-state index contributed by atoms with van der Waals surface area (Å²) >= 11 is 0. The lowest BCUT2D eigenvalue weighted by Gasteiger charge is -2.43. The van der Waals surface area contributed by atoms with Crippen LogP contribution in [0.15, 0.2) is 0 Å². The molecule has 0 radical (unpaired) electrons. The molecule has 0 aromatic heterocycles. The summed E-state index contributed by atoms with van der Waals surface area (Å²) in [5.41, 5.74) is 0. The summed E-state index contributed by atoms with van der Waals surface area (Å²) in [5, 5.41) is 0. The SMILES string of the molecule is CC[C@@H](C)[C@@H]1C(=O)N2CCC[C@H]2C(=O)N1C(=O)C(=O)C(C)C. The number of hydrogen-bond donors (Lipinski definition) is 0. The molecular formula is C16H24N2O4. The molecule has 0 N–H and O–H groups in total. The fourth-order valence-electron chi connectivity index (χ4n) is 3.18. The highest BCUT2D eigenvalue weighted by Gasteiger charge is 2.52. The molecule has 0 aromatic carbocycles. The molecule has 2 aliphatic rings. The Hall–Kier alpha value is -1.72. The summed E-state index contributed by atoms with van der Waals surface area (Å²) in [7, 11) is 0. The Morgan fingerprint density at radius 1 is 1.18 bits per heavy atom. The first-order valence-electron chi connectivity index (χ1n) is 8.02. The van der Waals surface area contributed by atoms with E-state index >= 15 is 0 Å². The first-order chi connectivity index (χ1) is 10.3. The highest BCUT2D eigenvalue weighted by Crippen LogP contribution is 2.31. The van der Waals surface area contributed by atoms with Crippen molar-refractivity contribution in [2.45, 2.75) is 59.0 Å². The maximum atomic E-state index is 12.7. The average molecular weight is 308 g/mol. The van der Waals surface area contributed by atoms with Crippen molar-refractivity contribution in [1.82, 2.24) is 9.80 Å². The van der Waals surface area contributed by atoms with Crippen molar-refractivity contribution in [3.63, 3.8) is 0 Å². The lowest BCUT2D eigenvalue weighted by Crippen LogP contribution is -2.67. The van der Waals surface area contributed by atoms with Crippen molar-refractivity contribution in [3.8, 4) is 0 Å². The van der Waals surface area contributed by atoms with Crippen LogP contribution in [0.3, 0.4) is 0 Å². The van der Waals surface area contributed by atoms with Crippen molar-refractivity contribution in [2.75, 3.05) is 6.54 Å². The van der Waals surface area contributed by atoms with Crippen molar-refractivity contribution in [1.29, 1.82) is 0 Å². The maximum Gasteiger partial charge on any atom is 0.297 e. The molecule has 22 heavy (non-hydrogen) atoms. The second kappa shape index (κ2) is 6.18. The number of Topliss-reactive ketones (excluding diaryl/α,β-unsaturated/α-hetero) is 1. The van der Waals surface area contributed by atoms with E-state index in [0.29, 0.717) is 19.4 Å². The van der Waals surface area contributed by atoms with Crippen LogP contribution >= 0.6 is 0 Å². The summed E-state index contributed by atoms with van der Waals surface area (Å²) < 4.78 is 0. The summed E-state index contributed by atoms with van der Waals surface area (Å²) in [5.74, 6) is -2.68. The number of imide groups is 1. The highest BCUT2D eigenvalue weighted by atomic mass is 16.2. The number of carbonyl (C=O) groups is 4. The smallest absolute Gasteiger partial charge is 0.297 e. The quantitative estimate of drug-likeness (QED) is 0.726. The fraction of sp³-hybridized carbons (Fsp3) is 0.750. The van der Waals surface area contributed by atoms with E-state index in [9.17, 15) is 19.2 Å². The molecule has 0 aliphatic carbocycles. The van der Waals surface area contributed by atoms with Crippen LogP contribution in [0.1, 0.15) is 47.0 Å². The standard InChI is InChI=1S/C16H24N2O4/c1-5-10(4)12-15(21)17-8-6-7-11(17)14(20)18(12)16(22)13(19)9(2)3/h9-12H,5-8H2,1-4H3/t10-,11+,12-/m1/s1. The number of piperazine rings is 1. The number of ketones is 1. The van der Waals surface area contributed by atoms with Gasteiger partial charge in [-0.05, 0) is 18.8 Å². The van der Waals surface area contributed by atoms with Crippen LogP contribution in [0.25, 0.3) is 0 Å². The van der Waals surface area contributed by atoms with Gasteiger partial charge in [0, 0.05) is 12.5 Å². The number of rotatable bonds is 4. The molecule has 2 fully saturated rings. The molecule has 0 saturated carbocycles. The van der Waals surface area contributed by atoms with Gasteiger partial charge in [-0.25, -0.2) is 0 Å². The molecule has 3 amide bonds. The molecule has 2 rings (SSSR count). The Morgan fingerprint density at radius 3 is 2.36 bits per heavy atom. The molecule has 122 valence electrons.